The minimum absolute atomic E-state index is 1.26. The van der Waals surface area contributed by atoms with Crippen LogP contribution in [0.1, 0.15) is 11.4 Å². The van der Waals surface area contributed by atoms with E-state index in [9.17, 15) is 0 Å². The maximum absolute atomic E-state index is 3.32. The van der Waals surface area contributed by atoms with E-state index >= 15 is 0 Å². The standard InChI is InChI=1S/C10H11N/c1-7-9-5-3-4-6-10(9)8(2)11-7/h3-6,11H,1-2H3. The lowest BCUT2D eigenvalue weighted by Crippen LogP contribution is -1.69. The van der Waals surface area contributed by atoms with Crippen molar-refractivity contribution in [3.8, 4) is 0 Å². The molecule has 1 aromatic heterocycles. The van der Waals surface area contributed by atoms with Crippen molar-refractivity contribution in [1.29, 1.82) is 0 Å². The largest absolute Gasteiger partial charge is 0.362 e. The van der Waals surface area contributed by atoms with Crippen LogP contribution in [0.25, 0.3) is 10.8 Å². The van der Waals surface area contributed by atoms with Crippen molar-refractivity contribution in [2.75, 3.05) is 0 Å². The topological polar surface area (TPSA) is 15.8 Å². The SMILES string of the molecule is Cc1[nH]c(C)c2ccccc12. The number of aromatic amines is 1. The zero-order valence-electron chi connectivity index (χ0n) is 6.81. The van der Waals surface area contributed by atoms with Crippen molar-refractivity contribution in [3.05, 3.63) is 35.7 Å². The van der Waals surface area contributed by atoms with Gasteiger partial charge < -0.3 is 4.98 Å². The monoisotopic (exact) mass is 145 g/mol. The summed E-state index contributed by atoms with van der Waals surface area (Å²) in [5.74, 6) is 0. The summed E-state index contributed by atoms with van der Waals surface area (Å²) in [4.78, 5) is 3.32. The predicted octanol–water partition coefficient (Wildman–Crippen LogP) is 2.78. The third kappa shape index (κ3) is 0.845. The number of nitrogens with one attached hydrogen (secondary N) is 1. The van der Waals surface area contributed by atoms with Gasteiger partial charge in [0.2, 0.25) is 0 Å². The molecule has 1 heterocycles. The van der Waals surface area contributed by atoms with Crippen LogP contribution in [0.5, 0.6) is 0 Å². The molecule has 0 saturated heterocycles. The number of rotatable bonds is 0. The van der Waals surface area contributed by atoms with Crippen LogP contribution < -0.4 is 0 Å². The lowest BCUT2D eigenvalue weighted by molar-refractivity contribution is 1.20. The lowest BCUT2D eigenvalue weighted by atomic mass is 10.1. The van der Waals surface area contributed by atoms with Gasteiger partial charge in [-0.2, -0.15) is 0 Å². The van der Waals surface area contributed by atoms with Crippen LogP contribution in [-0.2, 0) is 0 Å². The Morgan fingerprint density at radius 3 is 1.82 bits per heavy atom. The molecule has 0 aliphatic rings. The van der Waals surface area contributed by atoms with Crippen LogP contribution in [-0.4, -0.2) is 4.98 Å². The molecule has 0 saturated carbocycles. The lowest BCUT2D eigenvalue weighted by Gasteiger charge is -1.88. The smallest absolute Gasteiger partial charge is 0.0197 e. The summed E-state index contributed by atoms with van der Waals surface area (Å²) < 4.78 is 0. The van der Waals surface area contributed by atoms with Crippen molar-refractivity contribution in [3.63, 3.8) is 0 Å². The summed E-state index contributed by atoms with van der Waals surface area (Å²) in [6.45, 7) is 4.21. The van der Waals surface area contributed by atoms with E-state index in [2.05, 4.69) is 43.1 Å². The van der Waals surface area contributed by atoms with Crippen LogP contribution in [0.4, 0.5) is 0 Å². The van der Waals surface area contributed by atoms with Crippen LogP contribution >= 0.6 is 0 Å². The quantitative estimate of drug-likeness (QED) is 0.586. The second kappa shape index (κ2) is 2.12. The van der Waals surface area contributed by atoms with Crippen molar-refractivity contribution >= 4 is 10.8 Å². The van der Waals surface area contributed by atoms with Gasteiger partial charge in [-0.25, -0.2) is 0 Å². The van der Waals surface area contributed by atoms with Crippen LogP contribution in [0.3, 0.4) is 0 Å². The average molecular weight is 145 g/mol. The van der Waals surface area contributed by atoms with Gasteiger partial charge in [0.1, 0.15) is 0 Å². The zero-order valence-corrected chi connectivity index (χ0v) is 6.81. The Balaban J connectivity index is 2.95. The number of hydrogen-bond donors (Lipinski definition) is 1. The maximum Gasteiger partial charge on any atom is 0.0197 e. The van der Waals surface area contributed by atoms with Gasteiger partial charge in [-0.05, 0) is 13.8 Å². The third-order valence-corrected chi connectivity index (χ3v) is 2.11. The Kier molecular flexibility index (Phi) is 1.25. The van der Waals surface area contributed by atoms with E-state index in [0.29, 0.717) is 0 Å². The molecule has 11 heavy (non-hydrogen) atoms. The van der Waals surface area contributed by atoms with Gasteiger partial charge >= 0.3 is 0 Å². The van der Waals surface area contributed by atoms with Gasteiger partial charge in [-0.1, -0.05) is 24.3 Å². The minimum Gasteiger partial charge on any atom is -0.362 e. The van der Waals surface area contributed by atoms with Crippen molar-refractivity contribution in [2.24, 2.45) is 0 Å². The molecule has 0 unspecified atom stereocenters. The molecule has 0 amide bonds. The predicted molar refractivity (Wildman–Crippen MR) is 47.8 cm³/mol. The minimum atomic E-state index is 1.26. The first-order valence-electron chi connectivity index (χ1n) is 3.83. The number of H-pyrrole nitrogens is 1. The molecular weight excluding hydrogens is 134 g/mol. The number of benzene rings is 1. The molecule has 56 valence electrons. The fourth-order valence-corrected chi connectivity index (χ4v) is 1.55. The molecule has 0 bridgehead atoms. The molecule has 1 N–H and O–H groups in total. The van der Waals surface area contributed by atoms with Crippen molar-refractivity contribution in [2.45, 2.75) is 13.8 Å². The van der Waals surface area contributed by atoms with Gasteiger partial charge in [-0.15, -0.1) is 0 Å². The van der Waals surface area contributed by atoms with Gasteiger partial charge in [0.25, 0.3) is 0 Å². The van der Waals surface area contributed by atoms with E-state index < -0.39 is 0 Å². The second-order valence-corrected chi connectivity index (χ2v) is 2.92. The highest BCUT2D eigenvalue weighted by Crippen LogP contribution is 2.20. The van der Waals surface area contributed by atoms with Crippen LogP contribution in [0.2, 0.25) is 0 Å². The van der Waals surface area contributed by atoms with Gasteiger partial charge in [0, 0.05) is 22.2 Å². The Bertz CT molecular complexity index is 349. The Morgan fingerprint density at radius 2 is 1.36 bits per heavy atom. The summed E-state index contributed by atoms with van der Waals surface area (Å²) in [7, 11) is 0. The summed E-state index contributed by atoms with van der Waals surface area (Å²) in [5, 5.41) is 2.68. The van der Waals surface area contributed by atoms with E-state index in [0.717, 1.165) is 0 Å². The molecule has 2 rings (SSSR count). The van der Waals surface area contributed by atoms with Gasteiger partial charge in [0.15, 0.2) is 0 Å². The number of hydrogen-bond acceptors (Lipinski definition) is 0. The maximum atomic E-state index is 3.32. The first-order valence-corrected chi connectivity index (χ1v) is 3.83. The highest BCUT2D eigenvalue weighted by molar-refractivity contribution is 5.87. The summed E-state index contributed by atoms with van der Waals surface area (Å²) in [6.07, 6.45) is 0. The third-order valence-electron chi connectivity index (χ3n) is 2.11. The molecule has 1 nitrogen and oxygen atoms in total. The van der Waals surface area contributed by atoms with Crippen LogP contribution in [0, 0.1) is 13.8 Å². The molecule has 0 spiro atoms. The molecular formula is C10H11N. The van der Waals surface area contributed by atoms with E-state index in [-0.39, 0.29) is 0 Å². The molecule has 0 aliphatic carbocycles. The summed E-state index contributed by atoms with van der Waals surface area (Å²) >= 11 is 0. The fourth-order valence-electron chi connectivity index (χ4n) is 1.55. The van der Waals surface area contributed by atoms with Crippen molar-refractivity contribution in [1.82, 2.24) is 4.98 Å². The van der Waals surface area contributed by atoms with E-state index in [4.69, 9.17) is 0 Å². The highest BCUT2D eigenvalue weighted by atomic mass is 14.7. The summed E-state index contributed by atoms with van der Waals surface area (Å²) in [6, 6.07) is 8.44. The molecule has 0 aliphatic heterocycles. The second-order valence-electron chi connectivity index (χ2n) is 2.92. The van der Waals surface area contributed by atoms with Gasteiger partial charge in [0.05, 0.1) is 0 Å². The molecule has 1 aromatic carbocycles. The molecule has 0 fully saturated rings. The summed E-state index contributed by atoms with van der Waals surface area (Å²) in [5.41, 5.74) is 2.52. The molecule has 0 atom stereocenters. The Labute approximate surface area is 66.1 Å². The van der Waals surface area contributed by atoms with E-state index in [1.807, 2.05) is 0 Å². The Hall–Kier alpha value is -1.24. The zero-order chi connectivity index (χ0) is 7.84. The first kappa shape index (κ1) is 6.47. The first-order chi connectivity index (χ1) is 5.29. The average Bonchev–Trinajstić information content (AvgIpc) is 2.30. The number of fused-ring (bicyclic) bond motifs is 1. The normalized spacial score (nSPS) is 10.7. The van der Waals surface area contributed by atoms with Crippen molar-refractivity contribution < 1.29 is 0 Å². The fraction of sp³-hybridized carbons (Fsp3) is 0.200. The van der Waals surface area contributed by atoms with Gasteiger partial charge in [-0.3, -0.25) is 0 Å². The molecule has 1 heteroatoms. The number of aryl methyl sites for hydroxylation is 2. The molecule has 2 aromatic rings. The Morgan fingerprint density at radius 1 is 0.909 bits per heavy atom. The van der Waals surface area contributed by atoms with E-state index in [1.54, 1.807) is 0 Å². The highest BCUT2D eigenvalue weighted by Gasteiger charge is 2.00. The molecule has 0 radical (unpaired) electrons. The van der Waals surface area contributed by atoms with E-state index in [1.165, 1.54) is 22.2 Å². The van der Waals surface area contributed by atoms with Crippen LogP contribution in [0.15, 0.2) is 24.3 Å². The number of aromatic nitrogens is 1.